The molecule has 0 aromatic heterocycles. The molecule has 2 aliphatic rings. The van der Waals surface area contributed by atoms with Crippen LogP contribution in [0.4, 0.5) is 0 Å². The summed E-state index contributed by atoms with van der Waals surface area (Å²) in [6.45, 7) is 1.51. The van der Waals surface area contributed by atoms with E-state index in [0.29, 0.717) is 75.2 Å². The van der Waals surface area contributed by atoms with Crippen LogP contribution in [-0.2, 0) is 65.0 Å². The third kappa shape index (κ3) is 20.4. The average Bonchev–Trinajstić information content (AvgIpc) is 4.15. The number of rotatable bonds is 31. The monoisotopic (exact) mass is 1110 g/mol. The molecule has 2 atom stereocenters. The summed E-state index contributed by atoms with van der Waals surface area (Å²) in [4.78, 5) is 64.7. The molecule has 0 amide bonds. The van der Waals surface area contributed by atoms with E-state index < -0.39 is 62.6 Å². The highest BCUT2D eigenvalue weighted by Gasteiger charge is 2.40. The van der Waals surface area contributed by atoms with Gasteiger partial charge in [0, 0.05) is 25.9 Å². The Morgan fingerprint density at radius 2 is 0.857 bits per heavy atom. The van der Waals surface area contributed by atoms with Crippen LogP contribution in [0.3, 0.4) is 0 Å². The number of oxime groups is 4. The lowest BCUT2D eigenvalue weighted by molar-refractivity contribution is -0.141. The van der Waals surface area contributed by atoms with Crippen LogP contribution in [0.15, 0.2) is 127 Å². The van der Waals surface area contributed by atoms with Crippen LogP contribution < -0.4 is 4.74 Å². The van der Waals surface area contributed by atoms with Crippen LogP contribution in [0, 0.1) is 0 Å². The zero-order valence-electron chi connectivity index (χ0n) is 42.0. The van der Waals surface area contributed by atoms with Crippen LogP contribution in [0.2, 0.25) is 0 Å². The molecule has 414 valence electrons. The summed E-state index contributed by atoms with van der Waals surface area (Å²) in [5, 5.41) is 51.4. The molecular weight excluding hydrogens is 1040 g/mol. The van der Waals surface area contributed by atoms with Gasteiger partial charge in [-0.05, 0) is 134 Å². The second-order valence-electron chi connectivity index (χ2n) is 17.3. The van der Waals surface area contributed by atoms with Crippen molar-refractivity contribution in [2.24, 2.45) is 20.6 Å². The van der Waals surface area contributed by atoms with E-state index >= 15 is 0 Å². The fourth-order valence-electron chi connectivity index (χ4n) is 7.57. The van der Waals surface area contributed by atoms with Gasteiger partial charge in [0.2, 0.25) is 20.0 Å². The van der Waals surface area contributed by atoms with Gasteiger partial charge in [-0.1, -0.05) is 69.2 Å². The van der Waals surface area contributed by atoms with E-state index in [1.54, 1.807) is 54.7 Å². The van der Waals surface area contributed by atoms with Crippen molar-refractivity contribution in [3.05, 3.63) is 125 Å². The van der Waals surface area contributed by atoms with Gasteiger partial charge in [0.05, 0.1) is 34.6 Å². The number of carboxylic acids is 4. The molecule has 2 saturated heterocycles. The van der Waals surface area contributed by atoms with E-state index in [0.717, 1.165) is 51.0 Å². The van der Waals surface area contributed by atoms with Gasteiger partial charge in [-0.2, -0.15) is 8.61 Å². The highest BCUT2D eigenvalue weighted by Crippen LogP contribution is 2.28. The van der Waals surface area contributed by atoms with Gasteiger partial charge in [0.15, 0.2) is 6.61 Å². The van der Waals surface area contributed by atoms with Crippen molar-refractivity contribution in [3.63, 3.8) is 0 Å². The van der Waals surface area contributed by atoms with E-state index in [1.165, 1.54) is 42.9 Å². The Morgan fingerprint density at radius 3 is 1.22 bits per heavy atom. The Kier molecular flexibility index (Phi) is 24.5. The van der Waals surface area contributed by atoms with Gasteiger partial charge < -0.3 is 44.5 Å². The van der Waals surface area contributed by atoms with Crippen LogP contribution in [-0.4, -0.2) is 153 Å². The third-order valence-corrected chi connectivity index (χ3v) is 15.4. The molecule has 4 N–H and O–H groups in total. The van der Waals surface area contributed by atoms with Crippen molar-refractivity contribution in [1.29, 1.82) is 0 Å². The largest absolute Gasteiger partial charge is 0.482 e. The maximum Gasteiger partial charge on any atom is 0.341 e. The fraction of sp³-hybridized carbons (Fsp3) is 0.385. The molecule has 2 fully saturated rings. The maximum absolute atomic E-state index is 12.8. The zero-order chi connectivity index (χ0) is 55.5. The van der Waals surface area contributed by atoms with Gasteiger partial charge in [-0.25, -0.2) is 21.6 Å². The molecule has 0 saturated carbocycles. The number of sulfonamides is 2. The lowest BCUT2D eigenvalue weighted by Gasteiger charge is -2.20. The minimum Gasteiger partial charge on any atom is -0.482 e. The first-order valence-corrected chi connectivity index (χ1v) is 27.5. The minimum atomic E-state index is -3.89. The fourth-order valence-corrected chi connectivity index (χ4v) is 10.9. The van der Waals surface area contributed by atoms with E-state index in [4.69, 9.17) is 34.3 Å². The SMILES string of the molecule is O=C(O)CCc1ccc(/C=N\OCCCCCCO/N=C/c2ccc(S(=O)(=O)N3CCCC3C(=O)O)cc2)cc1.O=C(O)COc1ccc(/C=N/OCCCO/N=C/c2ccc(S(=O)(=O)N3CCCC3C(=O)O)cc2)cc1. The highest BCUT2D eigenvalue weighted by atomic mass is 32.2. The zero-order valence-corrected chi connectivity index (χ0v) is 43.7. The lowest BCUT2D eigenvalue weighted by Crippen LogP contribution is -2.40. The lowest BCUT2D eigenvalue weighted by atomic mass is 10.1. The molecule has 2 heterocycles. The predicted molar refractivity (Wildman–Crippen MR) is 281 cm³/mol. The first kappa shape index (κ1) is 60.1. The minimum absolute atomic E-state index is 0.0267. The topological polar surface area (TPSA) is 320 Å². The first-order chi connectivity index (χ1) is 37.0. The Balaban J connectivity index is 0.000000285. The maximum atomic E-state index is 12.8. The number of benzene rings is 4. The smallest absolute Gasteiger partial charge is 0.341 e. The van der Waals surface area contributed by atoms with E-state index in [-0.39, 0.29) is 35.9 Å². The number of hydrogen-bond donors (Lipinski definition) is 4. The van der Waals surface area contributed by atoms with Crippen LogP contribution in [0.5, 0.6) is 5.75 Å². The van der Waals surface area contributed by atoms with Gasteiger partial charge >= 0.3 is 23.9 Å². The molecule has 0 aliphatic carbocycles. The molecule has 0 radical (unpaired) electrons. The molecule has 77 heavy (non-hydrogen) atoms. The second-order valence-corrected chi connectivity index (χ2v) is 21.1. The number of nitrogens with zero attached hydrogens (tertiary/aromatic N) is 6. The predicted octanol–water partition coefficient (Wildman–Crippen LogP) is 6.08. The molecule has 6 rings (SSSR count). The number of aryl methyl sites for hydroxylation is 1. The molecule has 4 aromatic rings. The number of hydrogen-bond acceptors (Lipinski definition) is 17. The Bertz CT molecular complexity index is 2870. The molecule has 0 bridgehead atoms. The van der Waals surface area contributed by atoms with Gasteiger partial charge in [-0.3, -0.25) is 14.4 Å². The molecular formula is C52H62N6O17S2. The van der Waals surface area contributed by atoms with Crippen molar-refractivity contribution in [2.75, 3.05) is 46.1 Å². The van der Waals surface area contributed by atoms with E-state index in [2.05, 4.69) is 20.6 Å². The summed E-state index contributed by atoms with van der Waals surface area (Å²) in [6, 6.07) is 24.2. The van der Waals surface area contributed by atoms with Crippen molar-refractivity contribution < 1.29 is 80.5 Å². The number of aliphatic carboxylic acids is 4. The molecule has 0 spiro atoms. The summed E-state index contributed by atoms with van der Waals surface area (Å²) in [5.74, 6) is -3.69. The Labute approximate surface area is 446 Å². The molecule has 25 heteroatoms. The quantitative estimate of drug-likeness (QED) is 0.0252. The average molecular weight is 1110 g/mol. The van der Waals surface area contributed by atoms with Gasteiger partial charge in [0.1, 0.15) is 44.3 Å². The number of unbranched alkanes of at least 4 members (excludes halogenated alkanes) is 3. The summed E-state index contributed by atoms with van der Waals surface area (Å²) in [7, 11) is -7.76. The van der Waals surface area contributed by atoms with Gasteiger partial charge in [0.25, 0.3) is 0 Å². The molecule has 2 unspecified atom stereocenters. The normalized spacial score (nSPS) is 16.2. The molecule has 2 aliphatic heterocycles. The summed E-state index contributed by atoms with van der Waals surface area (Å²) >= 11 is 0. The van der Waals surface area contributed by atoms with Crippen molar-refractivity contribution in [1.82, 2.24) is 8.61 Å². The number of carbonyl (C=O) groups is 4. The highest BCUT2D eigenvalue weighted by molar-refractivity contribution is 7.89. The van der Waals surface area contributed by atoms with Gasteiger partial charge in [-0.15, -0.1) is 0 Å². The van der Waals surface area contributed by atoms with Crippen molar-refractivity contribution in [3.8, 4) is 5.75 Å². The summed E-state index contributed by atoms with van der Waals surface area (Å²) in [5.41, 5.74) is 3.89. The standard InChI is InChI=1S/C28H35N3O8S.C24H27N3O9S/c32-27(33)16-13-22-7-9-23(10-8-22)20-29-38-18-3-1-2-4-19-39-30-21-24-11-14-25(15-12-24)40(36,37)31-17-5-6-26(31)28(34)35;28-23(29)17-34-20-8-4-18(5-9-20)15-25-35-13-2-14-36-26-16-19-6-10-21(11-7-19)37(32,33)27-12-1-3-22(27)24(30)31/h7-12,14-15,20-21,26H,1-6,13,16-19H2,(H,32,33)(H,34,35);4-11,15-16,22H,1-3,12-14,17H2,(H,28,29)(H,30,31)/b29-20-,30-21+;25-15+,26-16+. The summed E-state index contributed by atoms with van der Waals surface area (Å²) in [6.07, 6.45) is 12.4. The van der Waals surface area contributed by atoms with Crippen molar-refractivity contribution >= 4 is 68.8 Å². The van der Waals surface area contributed by atoms with E-state index in [1.807, 2.05) is 24.3 Å². The molecule has 23 nitrogen and oxygen atoms in total. The molecule has 4 aromatic carbocycles. The second kappa shape index (κ2) is 31.3. The summed E-state index contributed by atoms with van der Waals surface area (Å²) < 4.78 is 58.3. The Morgan fingerprint density at radius 1 is 0.494 bits per heavy atom. The number of carboxylic acid groups (broad SMARTS) is 4. The van der Waals surface area contributed by atoms with Crippen LogP contribution in [0.1, 0.15) is 92.0 Å². The van der Waals surface area contributed by atoms with Crippen LogP contribution >= 0.6 is 0 Å². The third-order valence-electron chi connectivity index (χ3n) is 11.6. The van der Waals surface area contributed by atoms with E-state index in [9.17, 15) is 46.2 Å². The Hall–Kier alpha value is -7.74. The first-order valence-electron chi connectivity index (χ1n) is 24.6. The van der Waals surface area contributed by atoms with Crippen LogP contribution in [0.25, 0.3) is 0 Å². The van der Waals surface area contributed by atoms with Crippen molar-refractivity contribution in [2.45, 2.75) is 92.5 Å². The number of ether oxygens (including phenoxy) is 1.